The van der Waals surface area contributed by atoms with E-state index in [0.717, 1.165) is 54.3 Å². The van der Waals surface area contributed by atoms with E-state index in [1.165, 1.54) is 17.5 Å². The standard InChI is InChI=1S/C21H24N2O/c1-4-7-15(2)23-20-13-19(14-22-16(20)3)17-9-10-21-18(12-17)8-5-6-11-24-21/h4,9-10,12-14H,1,5-8,11H2,2-3H3/b23-15-. The van der Waals surface area contributed by atoms with Crippen molar-refractivity contribution in [1.29, 1.82) is 0 Å². The summed E-state index contributed by atoms with van der Waals surface area (Å²) in [4.78, 5) is 9.23. The topological polar surface area (TPSA) is 34.5 Å². The molecule has 1 aromatic heterocycles. The number of aryl methyl sites for hydroxylation is 2. The van der Waals surface area contributed by atoms with Crippen LogP contribution in [0, 0.1) is 6.92 Å². The van der Waals surface area contributed by atoms with Gasteiger partial charge in [0.2, 0.25) is 0 Å². The van der Waals surface area contributed by atoms with Crippen LogP contribution < -0.4 is 4.74 Å². The highest BCUT2D eigenvalue weighted by Crippen LogP contribution is 2.31. The number of rotatable bonds is 4. The van der Waals surface area contributed by atoms with Gasteiger partial charge in [-0.05, 0) is 62.4 Å². The van der Waals surface area contributed by atoms with E-state index in [0.29, 0.717) is 0 Å². The van der Waals surface area contributed by atoms with E-state index in [2.05, 4.69) is 35.8 Å². The van der Waals surface area contributed by atoms with Crippen LogP contribution in [-0.4, -0.2) is 17.3 Å². The van der Waals surface area contributed by atoms with E-state index in [4.69, 9.17) is 9.73 Å². The number of hydrogen-bond acceptors (Lipinski definition) is 3. The van der Waals surface area contributed by atoms with Gasteiger partial charge in [0.05, 0.1) is 18.0 Å². The normalized spacial score (nSPS) is 14.5. The molecule has 124 valence electrons. The van der Waals surface area contributed by atoms with E-state index >= 15 is 0 Å². The number of aromatic nitrogens is 1. The molecule has 0 aliphatic carbocycles. The van der Waals surface area contributed by atoms with Gasteiger partial charge in [0.15, 0.2) is 0 Å². The Morgan fingerprint density at radius 2 is 2.17 bits per heavy atom. The van der Waals surface area contributed by atoms with E-state index in [-0.39, 0.29) is 0 Å². The highest BCUT2D eigenvalue weighted by molar-refractivity contribution is 5.86. The summed E-state index contributed by atoms with van der Waals surface area (Å²) in [6, 6.07) is 8.55. The lowest BCUT2D eigenvalue weighted by molar-refractivity contribution is 0.317. The van der Waals surface area contributed by atoms with Crippen molar-refractivity contribution >= 4 is 11.4 Å². The van der Waals surface area contributed by atoms with Gasteiger partial charge in [0.1, 0.15) is 5.75 Å². The van der Waals surface area contributed by atoms with Gasteiger partial charge in [-0.2, -0.15) is 0 Å². The van der Waals surface area contributed by atoms with Gasteiger partial charge in [-0.1, -0.05) is 12.1 Å². The minimum atomic E-state index is 0.792. The van der Waals surface area contributed by atoms with E-state index in [1.807, 2.05) is 26.1 Å². The Hall–Kier alpha value is -2.42. The lowest BCUT2D eigenvalue weighted by atomic mass is 10.0. The molecular formula is C21H24N2O. The van der Waals surface area contributed by atoms with Gasteiger partial charge < -0.3 is 4.74 Å². The highest BCUT2D eigenvalue weighted by Gasteiger charge is 2.11. The summed E-state index contributed by atoms with van der Waals surface area (Å²) in [5.41, 5.74) is 6.47. The number of ether oxygens (including phenoxy) is 1. The molecule has 1 aromatic carbocycles. The van der Waals surface area contributed by atoms with Gasteiger partial charge in [-0.15, -0.1) is 6.58 Å². The Bertz CT molecular complexity index is 777. The maximum Gasteiger partial charge on any atom is 0.122 e. The fourth-order valence-electron chi connectivity index (χ4n) is 2.95. The van der Waals surface area contributed by atoms with Gasteiger partial charge in [0, 0.05) is 23.9 Å². The van der Waals surface area contributed by atoms with Crippen LogP contribution in [0.4, 0.5) is 5.69 Å². The number of benzene rings is 1. The summed E-state index contributed by atoms with van der Waals surface area (Å²) in [5.74, 6) is 1.02. The molecule has 0 atom stereocenters. The molecule has 24 heavy (non-hydrogen) atoms. The zero-order chi connectivity index (χ0) is 16.9. The SMILES string of the molecule is C=CC/C(C)=N\c1cc(-c2ccc3c(c2)CCCCO3)cnc1C. The Kier molecular flexibility index (Phi) is 5.09. The minimum absolute atomic E-state index is 0.792. The molecular weight excluding hydrogens is 296 g/mol. The minimum Gasteiger partial charge on any atom is -0.493 e. The fraction of sp³-hybridized carbons (Fsp3) is 0.333. The molecule has 0 N–H and O–H groups in total. The van der Waals surface area contributed by atoms with E-state index < -0.39 is 0 Å². The smallest absolute Gasteiger partial charge is 0.122 e. The second-order valence-corrected chi connectivity index (χ2v) is 6.30. The molecule has 0 spiro atoms. The quantitative estimate of drug-likeness (QED) is 0.555. The first kappa shape index (κ1) is 16.4. The second kappa shape index (κ2) is 7.43. The average molecular weight is 320 g/mol. The van der Waals surface area contributed by atoms with Crippen LogP contribution in [0.3, 0.4) is 0 Å². The molecule has 0 saturated heterocycles. The number of pyridine rings is 1. The van der Waals surface area contributed by atoms with Crippen molar-refractivity contribution in [1.82, 2.24) is 4.98 Å². The third-order valence-corrected chi connectivity index (χ3v) is 4.30. The summed E-state index contributed by atoms with van der Waals surface area (Å²) in [6.07, 6.45) is 7.97. The molecule has 3 rings (SSSR count). The first-order valence-electron chi connectivity index (χ1n) is 8.55. The number of allylic oxidation sites excluding steroid dienone is 1. The van der Waals surface area contributed by atoms with Crippen LogP contribution in [0.1, 0.15) is 37.4 Å². The Morgan fingerprint density at radius 1 is 1.29 bits per heavy atom. The molecule has 0 radical (unpaired) electrons. The average Bonchev–Trinajstić information content (AvgIpc) is 2.81. The lowest BCUT2D eigenvalue weighted by Crippen LogP contribution is -1.95. The molecule has 2 aromatic rings. The van der Waals surface area contributed by atoms with Crippen LogP contribution in [0.25, 0.3) is 11.1 Å². The molecule has 0 amide bonds. The van der Waals surface area contributed by atoms with Gasteiger partial charge in [-0.25, -0.2) is 0 Å². The van der Waals surface area contributed by atoms with E-state index in [9.17, 15) is 0 Å². The molecule has 0 unspecified atom stereocenters. The monoisotopic (exact) mass is 320 g/mol. The Balaban J connectivity index is 1.96. The van der Waals surface area contributed by atoms with Crippen LogP contribution >= 0.6 is 0 Å². The Morgan fingerprint density at radius 3 is 3.00 bits per heavy atom. The van der Waals surface area contributed by atoms with Crippen LogP contribution in [0.15, 0.2) is 48.1 Å². The fourth-order valence-corrected chi connectivity index (χ4v) is 2.95. The predicted octanol–water partition coefficient (Wildman–Crippen LogP) is 5.44. The molecule has 1 aliphatic rings. The third-order valence-electron chi connectivity index (χ3n) is 4.30. The largest absolute Gasteiger partial charge is 0.493 e. The van der Waals surface area contributed by atoms with Crippen molar-refractivity contribution in [2.24, 2.45) is 4.99 Å². The molecule has 3 heteroatoms. The third kappa shape index (κ3) is 3.73. The van der Waals surface area contributed by atoms with Crippen molar-refractivity contribution in [3.8, 4) is 16.9 Å². The molecule has 0 bridgehead atoms. The Labute approximate surface area is 144 Å². The van der Waals surface area contributed by atoms with Crippen molar-refractivity contribution in [2.45, 2.75) is 39.5 Å². The summed E-state index contributed by atoms with van der Waals surface area (Å²) >= 11 is 0. The summed E-state index contributed by atoms with van der Waals surface area (Å²) in [6.45, 7) is 8.61. The number of hydrogen-bond donors (Lipinski definition) is 0. The summed E-state index contributed by atoms with van der Waals surface area (Å²) < 4.78 is 5.81. The second-order valence-electron chi connectivity index (χ2n) is 6.30. The van der Waals surface area contributed by atoms with Crippen LogP contribution in [0.2, 0.25) is 0 Å². The molecule has 0 fully saturated rings. The molecule has 2 heterocycles. The zero-order valence-corrected chi connectivity index (χ0v) is 14.5. The van der Waals surface area contributed by atoms with E-state index in [1.54, 1.807) is 0 Å². The number of nitrogens with zero attached hydrogens (tertiary/aromatic N) is 2. The summed E-state index contributed by atoms with van der Waals surface area (Å²) in [7, 11) is 0. The van der Waals surface area contributed by atoms with Crippen molar-refractivity contribution in [3.63, 3.8) is 0 Å². The highest BCUT2D eigenvalue weighted by atomic mass is 16.5. The maximum absolute atomic E-state index is 5.81. The molecule has 1 aliphatic heterocycles. The maximum atomic E-state index is 5.81. The van der Waals surface area contributed by atoms with Gasteiger partial charge in [0.25, 0.3) is 0 Å². The molecule has 3 nitrogen and oxygen atoms in total. The summed E-state index contributed by atoms with van der Waals surface area (Å²) in [5, 5.41) is 0. The van der Waals surface area contributed by atoms with Crippen LogP contribution in [0.5, 0.6) is 5.75 Å². The first-order valence-corrected chi connectivity index (χ1v) is 8.55. The van der Waals surface area contributed by atoms with Crippen LogP contribution in [-0.2, 0) is 6.42 Å². The predicted molar refractivity (Wildman–Crippen MR) is 100 cm³/mol. The van der Waals surface area contributed by atoms with Crippen molar-refractivity contribution < 1.29 is 4.74 Å². The lowest BCUT2D eigenvalue weighted by Gasteiger charge is -2.10. The van der Waals surface area contributed by atoms with Gasteiger partial charge in [-0.3, -0.25) is 9.98 Å². The van der Waals surface area contributed by atoms with Crippen molar-refractivity contribution in [3.05, 3.63) is 54.4 Å². The van der Waals surface area contributed by atoms with Crippen molar-refractivity contribution in [2.75, 3.05) is 6.61 Å². The van der Waals surface area contributed by atoms with Gasteiger partial charge >= 0.3 is 0 Å². The first-order chi connectivity index (χ1) is 11.7. The zero-order valence-electron chi connectivity index (χ0n) is 14.5. The number of aliphatic imine (C=N–C) groups is 1. The molecule has 0 saturated carbocycles. The number of fused-ring (bicyclic) bond motifs is 1.